The largest absolute Gasteiger partial charge is 0.354 e. The molecule has 1 atom stereocenters. The van der Waals surface area contributed by atoms with Gasteiger partial charge in [0.1, 0.15) is 0 Å². The molecule has 0 spiro atoms. The second-order valence-electron chi connectivity index (χ2n) is 6.02. The molecule has 1 fully saturated rings. The van der Waals surface area contributed by atoms with Gasteiger partial charge in [-0.3, -0.25) is 9.69 Å². The van der Waals surface area contributed by atoms with E-state index in [0.717, 1.165) is 32.5 Å². The van der Waals surface area contributed by atoms with Gasteiger partial charge in [0.15, 0.2) is 0 Å². The molecule has 0 radical (unpaired) electrons. The molecule has 0 aliphatic carbocycles. The third-order valence-electron chi connectivity index (χ3n) is 3.78. The summed E-state index contributed by atoms with van der Waals surface area (Å²) < 4.78 is 0. The number of nitrogens with zero attached hydrogens (tertiary/aromatic N) is 2. The zero-order chi connectivity index (χ0) is 13.8. The Morgan fingerprint density at radius 3 is 2.39 bits per heavy atom. The van der Waals surface area contributed by atoms with Crippen LogP contribution < -0.4 is 5.32 Å². The summed E-state index contributed by atoms with van der Waals surface area (Å²) in [4.78, 5) is 14.1. The van der Waals surface area contributed by atoms with Crippen LogP contribution in [0.25, 0.3) is 0 Å². The highest BCUT2D eigenvalue weighted by Crippen LogP contribution is 2.30. The summed E-state index contributed by atoms with van der Waals surface area (Å²) in [5.74, 6) is 0.577. The van der Waals surface area contributed by atoms with E-state index in [9.17, 15) is 4.79 Å². The molecule has 1 unspecified atom stereocenters. The summed E-state index contributed by atoms with van der Waals surface area (Å²) in [5, 5.41) is 12.1. The number of likely N-dealkylation sites (tertiary alicyclic amines) is 1. The fourth-order valence-corrected chi connectivity index (χ4v) is 2.13. The molecule has 1 saturated heterocycles. The quantitative estimate of drug-likeness (QED) is 0.828. The molecule has 0 aromatic heterocycles. The van der Waals surface area contributed by atoms with E-state index >= 15 is 0 Å². The van der Waals surface area contributed by atoms with Gasteiger partial charge in [-0.2, -0.15) is 5.26 Å². The first-order valence-electron chi connectivity index (χ1n) is 6.81. The SMILES string of the molecule is CC(C)CNC(=O)C(C)N1CCC(C)(C#N)CC1. The fraction of sp³-hybridized carbons (Fsp3) is 0.857. The van der Waals surface area contributed by atoms with E-state index in [1.807, 2.05) is 13.8 Å². The number of carbonyl (C=O) groups excluding carboxylic acids is 1. The molecule has 1 heterocycles. The average Bonchev–Trinajstić information content (AvgIpc) is 2.36. The van der Waals surface area contributed by atoms with E-state index in [1.165, 1.54) is 0 Å². The standard InChI is InChI=1S/C14H25N3O/c1-11(2)9-16-13(18)12(3)17-7-5-14(4,10-15)6-8-17/h11-12H,5-9H2,1-4H3,(H,16,18). The van der Waals surface area contributed by atoms with Crippen molar-refractivity contribution in [2.45, 2.75) is 46.6 Å². The highest BCUT2D eigenvalue weighted by Gasteiger charge is 2.33. The van der Waals surface area contributed by atoms with Crippen molar-refractivity contribution in [1.29, 1.82) is 5.26 Å². The van der Waals surface area contributed by atoms with Gasteiger partial charge in [0.05, 0.1) is 17.5 Å². The number of nitrogens with one attached hydrogen (secondary N) is 1. The zero-order valence-electron chi connectivity index (χ0n) is 12.0. The smallest absolute Gasteiger partial charge is 0.237 e. The Morgan fingerprint density at radius 2 is 1.94 bits per heavy atom. The van der Waals surface area contributed by atoms with E-state index in [-0.39, 0.29) is 17.4 Å². The van der Waals surface area contributed by atoms with Gasteiger partial charge in [0.25, 0.3) is 0 Å². The summed E-state index contributed by atoms with van der Waals surface area (Å²) in [7, 11) is 0. The molecule has 0 bridgehead atoms. The van der Waals surface area contributed by atoms with Gasteiger partial charge in [0, 0.05) is 19.6 Å². The molecule has 1 amide bonds. The lowest BCUT2D eigenvalue weighted by Crippen LogP contribution is -2.50. The van der Waals surface area contributed by atoms with E-state index in [1.54, 1.807) is 0 Å². The van der Waals surface area contributed by atoms with Gasteiger partial charge in [-0.15, -0.1) is 0 Å². The fourth-order valence-electron chi connectivity index (χ4n) is 2.13. The Balaban J connectivity index is 2.43. The van der Waals surface area contributed by atoms with Crippen molar-refractivity contribution in [2.75, 3.05) is 19.6 Å². The number of carbonyl (C=O) groups is 1. The van der Waals surface area contributed by atoms with Crippen LogP contribution in [0.3, 0.4) is 0 Å². The number of rotatable bonds is 4. The maximum atomic E-state index is 12.0. The van der Waals surface area contributed by atoms with Crippen LogP contribution in [0.4, 0.5) is 0 Å². The molecular weight excluding hydrogens is 226 g/mol. The maximum absolute atomic E-state index is 12.0. The minimum atomic E-state index is -0.204. The van der Waals surface area contributed by atoms with Crippen LogP contribution in [-0.2, 0) is 4.79 Å². The predicted molar refractivity (Wildman–Crippen MR) is 71.8 cm³/mol. The first-order chi connectivity index (χ1) is 8.38. The molecule has 18 heavy (non-hydrogen) atoms. The van der Waals surface area contributed by atoms with Crippen molar-refractivity contribution in [2.24, 2.45) is 11.3 Å². The number of nitriles is 1. The van der Waals surface area contributed by atoms with Crippen LogP contribution >= 0.6 is 0 Å². The highest BCUT2D eigenvalue weighted by atomic mass is 16.2. The Labute approximate surface area is 110 Å². The molecule has 0 aromatic rings. The minimum Gasteiger partial charge on any atom is -0.354 e. The Hall–Kier alpha value is -1.08. The van der Waals surface area contributed by atoms with Crippen LogP contribution in [0.5, 0.6) is 0 Å². The minimum absolute atomic E-state index is 0.0907. The third kappa shape index (κ3) is 3.99. The monoisotopic (exact) mass is 251 g/mol. The van der Waals surface area contributed by atoms with Gasteiger partial charge in [-0.05, 0) is 32.6 Å². The number of piperidine rings is 1. The van der Waals surface area contributed by atoms with Crippen molar-refractivity contribution >= 4 is 5.91 Å². The van der Waals surface area contributed by atoms with Gasteiger partial charge in [-0.25, -0.2) is 0 Å². The predicted octanol–water partition coefficient (Wildman–Crippen LogP) is 1.77. The first-order valence-corrected chi connectivity index (χ1v) is 6.81. The molecular formula is C14H25N3O. The molecule has 1 N–H and O–H groups in total. The Kier molecular flexibility index (Phi) is 5.15. The summed E-state index contributed by atoms with van der Waals surface area (Å²) in [6.45, 7) is 10.5. The van der Waals surface area contributed by atoms with Crippen LogP contribution in [0.1, 0.15) is 40.5 Å². The van der Waals surface area contributed by atoms with Crippen LogP contribution in [0.15, 0.2) is 0 Å². The molecule has 4 heteroatoms. The number of hydrogen-bond donors (Lipinski definition) is 1. The van der Waals surface area contributed by atoms with Crippen LogP contribution in [0, 0.1) is 22.7 Å². The van der Waals surface area contributed by atoms with Crippen LogP contribution in [0.2, 0.25) is 0 Å². The first kappa shape index (κ1) is 15.0. The Bertz CT molecular complexity index is 324. The van der Waals surface area contributed by atoms with Crippen molar-refractivity contribution < 1.29 is 4.79 Å². The van der Waals surface area contributed by atoms with Crippen molar-refractivity contribution in [3.8, 4) is 6.07 Å². The molecule has 0 aromatic carbocycles. The molecule has 102 valence electrons. The lowest BCUT2D eigenvalue weighted by atomic mass is 9.81. The molecule has 0 saturated carbocycles. The van der Waals surface area contributed by atoms with Gasteiger partial charge < -0.3 is 5.32 Å². The van der Waals surface area contributed by atoms with Gasteiger partial charge in [0.2, 0.25) is 5.91 Å². The lowest BCUT2D eigenvalue weighted by molar-refractivity contribution is -0.126. The molecule has 1 rings (SSSR count). The topological polar surface area (TPSA) is 56.1 Å². The van der Waals surface area contributed by atoms with Crippen molar-refractivity contribution in [3.05, 3.63) is 0 Å². The summed E-state index contributed by atoms with van der Waals surface area (Å²) in [6.07, 6.45) is 1.70. The van der Waals surface area contributed by atoms with E-state index in [2.05, 4.69) is 30.1 Å². The Morgan fingerprint density at radius 1 is 1.39 bits per heavy atom. The number of hydrogen-bond acceptors (Lipinski definition) is 3. The van der Waals surface area contributed by atoms with Crippen molar-refractivity contribution in [1.82, 2.24) is 10.2 Å². The highest BCUT2D eigenvalue weighted by molar-refractivity contribution is 5.81. The number of amides is 1. The maximum Gasteiger partial charge on any atom is 0.237 e. The normalized spacial score (nSPS) is 21.3. The zero-order valence-corrected chi connectivity index (χ0v) is 12.0. The van der Waals surface area contributed by atoms with Gasteiger partial charge in [-0.1, -0.05) is 13.8 Å². The third-order valence-corrected chi connectivity index (χ3v) is 3.78. The summed E-state index contributed by atoms with van der Waals surface area (Å²) in [6, 6.07) is 2.29. The van der Waals surface area contributed by atoms with Crippen molar-refractivity contribution in [3.63, 3.8) is 0 Å². The van der Waals surface area contributed by atoms with Gasteiger partial charge >= 0.3 is 0 Å². The van der Waals surface area contributed by atoms with E-state index in [0.29, 0.717) is 5.92 Å². The molecule has 1 aliphatic rings. The molecule has 1 aliphatic heterocycles. The molecule has 4 nitrogen and oxygen atoms in total. The lowest BCUT2D eigenvalue weighted by Gasteiger charge is -2.37. The average molecular weight is 251 g/mol. The second-order valence-corrected chi connectivity index (χ2v) is 6.02. The van der Waals surface area contributed by atoms with Crippen LogP contribution in [-0.4, -0.2) is 36.5 Å². The van der Waals surface area contributed by atoms with E-state index in [4.69, 9.17) is 5.26 Å². The van der Waals surface area contributed by atoms with E-state index < -0.39 is 0 Å². The summed E-state index contributed by atoms with van der Waals surface area (Å²) >= 11 is 0. The summed E-state index contributed by atoms with van der Waals surface area (Å²) in [5.41, 5.74) is -0.204. The second kappa shape index (κ2) is 6.19.